The molecular weight excluding hydrogens is 385 g/mol. The van der Waals surface area contributed by atoms with Gasteiger partial charge in [0.15, 0.2) is 5.96 Å². The van der Waals surface area contributed by atoms with Gasteiger partial charge in [-0.05, 0) is 44.4 Å². The van der Waals surface area contributed by atoms with Crippen LogP contribution in [0, 0.1) is 11.7 Å². The van der Waals surface area contributed by atoms with Gasteiger partial charge in [-0.25, -0.2) is 9.38 Å². The lowest BCUT2D eigenvalue weighted by Gasteiger charge is -2.26. The Morgan fingerprint density at radius 1 is 1.20 bits per heavy atom. The van der Waals surface area contributed by atoms with Crippen molar-refractivity contribution in [3.8, 4) is 0 Å². The monoisotopic (exact) mass is 417 g/mol. The minimum Gasteiger partial charge on any atom is -0.357 e. The van der Waals surface area contributed by atoms with Crippen LogP contribution in [0.4, 0.5) is 10.1 Å². The van der Waals surface area contributed by atoms with E-state index in [-0.39, 0.29) is 30.3 Å². The number of guanidine groups is 1. The highest BCUT2D eigenvalue weighted by Crippen LogP contribution is 2.26. The van der Waals surface area contributed by atoms with E-state index in [1.54, 1.807) is 12.1 Å². The lowest BCUT2D eigenvalue weighted by atomic mass is 9.88. The fourth-order valence-electron chi connectivity index (χ4n) is 4.12. The highest BCUT2D eigenvalue weighted by molar-refractivity contribution is 5.94. The van der Waals surface area contributed by atoms with Gasteiger partial charge in [0.2, 0.25) is 11.8 Å². The number of carbonyl (C=O) groups excluding carboxylic acids is 2. The van der Waals surface area contributed by atoms with Crippen LogP contribution in [0.1, 0.15) is 45.4 Å². The number of anilines is 1. The van der Waals surface area contributed by atoms with Crippen molar-refractivity contribution in [2.24, 2.45) is 10.9 Å². The smallest absolute Gasteiger partial charge is 0.246 e. The summed E-state index contributed by atoms with van der Waals surface area (Å²) in [5.41, 5.74) is 0.404. The van der Waals surface area contributed by atoms with Crippen LogP contribution in [0.2, 0.25) is 0 Å². The molecular formula is C22H32FN5O2. The first kappa shape index (κ1) is 22.1. The zero-order valence-electron chi connectivity index (χ0n) is 17.6. The second-order valence-electron chi connectivity index (χ2n) is 8.00. The first-order valence-corrected chi connectivity index (χ1v) is 10.9. The number of carbonyl (C=O) groups is 2. The number of benzene rings is 1. The van der Waals surface area contributed by atoms with Gasteiger partial charge in [0, 0.05) is 37.3 Å². The molecule has 1 aromatic carbocycles. The molecule has 3 N–H and O–H groups in total. The molecule has 0 spiro atoms. The third-order valence-corrected chi connectivity index (χ3v) is 5.63. The molecule has 0 bridgehead atoms. The highest BCUT2D eigenvalue weighted by atomic mass is 19.1. The summed E-state index contributed by atoms with van der Waals surface area (Å²) < 4.78 is 13.2. The quantitative estimate of drug-likeness (QED) is 0.490. The van der Waals surface area contributed by atoms with Crippen LogP contribution in [-0.4, -0.2) is 54.9 Å². The van der Waals surface area contributed by atoms with Crippen LogP contribution in [0.3, 0.4) is 0 Å². The Hall–Kier alpha value is -2.64. The standard InChI is InChI=1S/C22H32FN5O2/c1-2-24-22(25-14-20(29)26-18-10-6-9-17(23)13-18)27-19-11-12-28(15-19)21(30)16-7-4-3-5-8-16/h6,9-10,13,16,19H,2-5,7-8,11-12,14-15H2,1H3,(H,26,29)(H2,24,25,27). The zero-order chi connectivity index (χ0) is 21.3. The molecule has 1 heterocycles. The molecule has 3 rings (SSSR count). The molecule has 7 nitrogen and oxygen atoms in total. The fourth-order valence-corrected chi connectivity index (χ4v) is 4.12. The summed E-state index contributed by atoms with van der Waals surface area (Å²) in [5.74, 6) is 0.295. The molecule has 1 atom stereocenters. The number of nitrogens with zero attached hydrogens (tertiary/aromatic N) is 2. The van der Waals surface area contributed by atoms with E-state index in [4.69, 9.17) is 0 Å². The van der Waals surface area contributed by atoms with Crippen LogP contribution in [-0.2, 0) is 9.59 Å². The summed E-state index contributed by atoms with van der Waals surface area (Å²) in [6.45, 7) is 3.96. The topological polar surface area (TPSA) is 85.8 Å². The zero-order valence-corrected chi connectivity index (χ0v) is 17.6. The molecule has 0 aromatic heterocycles. The summed E-state index contributed by atoms with van der Waals surface area (Å²) in [6.07, 6.45) is 6.43. The number of hydrogen-bond acceptors (Lipinski definition) is 3. The molecule has 2 aliphatic rings. The van der Waals surface area contributed by atoms with E-state index in [0.717, 1.165) is 38.6 Å². The van der Waals surface area contributed by atoms with Crippen molar-refractivity contribution in [2.75, 3.05) is 31.5 Å². The van der Waals surface area contributed by atoms with Crippen LogP contribution in [0.5, 0.6) is 0 Å². The Bertz CT molecular complexity index is 764. The van der Waals surface area contributed by atoms with Gasteiger partial charge in [0.1, 0.15) is 12.4 Å². The summed E-state index contributed by atoms with van der Waals surface area (Å²) in [5, 5.41) is 9.12. The molecule has 1 saturated heterocycles. The average Bonchev–Trinajstić information content (AvgIpc) is 3.21. The molecule has 1 aliphatic heterocycles. The SMILES string of the molecule is CCNC(=NCC(=O)Nc1cccc(F)c1)NC1CCN(C(=O)C2CCCCC2)C1. The van der Waals surface area contributed by atoms with Crippen molar-refractivity contribution in [3.05, 3.63) is 30.1 Å². The van der Waals surface area contributed by atoms with E-state index in [1.807, 2.05) is 11.8 Å². The van der Waals surface area contributed by atoms with Crippen molar-refractivity contribution in [1.29, 1.82) is 0 Å². The summed E-state index contributed by atoms with van der Waals surface area (Å²) in [4.78, 5) is 31.2. The van der Waals surface area contributed by atoms with Crippen molar-refractivity contribution >= 4 is 23.5 Å². The van der Waals surface area contributed by atoms with Crippen molar-refractivity contribution in [3.63, 3.8) is 0 Å². The normalized spacial score (nSPS) is 20.1. The maximum absolute atomic E-state index is 13.2. The number of halogens is 1. The summed E-state index contributed by atoms with van der Waals surface area (Å²) >= 11 is 0. The van der Waals surface area contributed by atoms with E-state index < -0.39 is 5.82 Å². The molecule has 8 heteroatoms. The number of likely N-dealkylation sites (tertiary alicyclic amines) is 1. The molecule has 1 aromatic rings. The number of nitrogens with one attached hydrogen (secondary N) is 3. The number of rotatable bonds is 6. The average molecular weight is 418 g/mol. The number of amides is 2. The predicted molar refractivity (Wildman–Crippen MR) is 116 cm³/mol. The minimum absolute atomic E-state index is 0.0801. The van der Waals surface area contributed by atoms with E-state index >= 15 is 0 Å². The van der Waals surface area contributed by atoms with E-state index in [0.29, 0.717) is 24.7 Å². The van der Waals surface area contributed by atoms with Crippen molar-refractivity contribution in [2.45, 2.75) is 51.5 Å². The second-order valence-corrected chi connectivity index (χ2v) is 8.00. The molecule has 2 fully saturated rings. The highest BCUT2D eigenvalue weighted by Gasteiger charge is 2.31. The molecule has 1 aliphatic carbocycles. The number of aliphatic imine (C=N–C) groups is 1. The van der Waals surface area contributed by atoms with Gasteiger partial charge in [0.25, 0.3) is 0 Å². The van der Waals surface area contributed by atoms with E-state index in [9.17, 15) is 14.0 Å². The van der Waals surface area contributed by atoms with Gasteiger partial charge >= 0.3 is 0 Å². The van der Waals surface area contributed by atoms with Gasteiger partial charge in [-0.15, -0.1) is 0 Å². The molecule has 1 saturated carbocycles. The Morgan fingerprint density at radius 2 is 2.00 bits per heavy atom. The lowest BCUT2D eigenvalue weighted by molar-refractivity contribution is -0.135. The predicted octanol–water partition coefficient (Wildman–Crippen LogP) is 2.50. The van der Waals surface area contributed by atoms with E-state index in [1.165, 1.54) is 18.6 Å². The Kier molecular flexibility index (Phi) is 8.04. The van der Waals surface area contributed by atoms with Gasteiger partial charge in [-0.2, -0.15) is 0 Å². The first-order chi connectivity index (χ1) is 14.5. The van der Waals surface area contributed by atoms with Crippen LogP contribution >= 0.6 is 0 Å². The minimum atomic E-state index is -0.403. The molecule has 30 heavy (non-hydrogen) atoms. The molecule has 164 valence electrons. The maximum Gasteiger partial charge on any atom is 0.246 e. The van der Waals surface area contributed by atoms with Gasteiger partial charge in [-0.1, -0.05) is 25.3 Å². The summed E-state index contributed by atoms with van der Waals surface area (Å²) in [7, 11) is 0. The number of hydrogen-bond donors (Lipinski definition) is 3. The lowest BCUT2D eigenvalue weighted by Crippen LogP contribution is -2.46. The van der Waals surface area contributed by atoms with Gasteiger partial charge in [0.05, 0.1) is 0 Å². The Balaban J connectivity index is 1.49. The largest absolute Gasteiger partial charge is 0.357 e. The first-order valence-electron chi connectivity index (χ1n) is 10.9. The molecule has 1 unspecified atom stereocenters. The maximum atomic E-state index is 13.2. The molecule has 0 radical (unpaired) electrons. The second kappa shape index (κ2) is 10.9. The van der Waals surface area contributed by atoms with Gasteiger partial charge < -0.3 is 20.9 Å². The van der Waals surface area contributed by atoms with Crippen LogP contribution in [0.25, 0.3) is 0 Å². The van der Waals surface area contributed by atoms with Gasteiger partial charge in [-0.3, -0.25) is 9.59 Å². The third-order valence-electron chi connectivity index (χ3n) is 5.63. The Morgan fingerprint density at radius 3 is 2.73 bits per heavy atom. The summed E-state index contributed by atoms with van der Waals surface area (Å²) in [6, 6.07) is 5.87. The fraction of sp³-hybridized carbons (Fsp3) is 0.591. The van der Waals surface area contributed by atoms with Crippen LogP contribution < -0.4 is 16.0 Å². The van der Waals surface area contributed by atoms with Crippen LogP contribution in [0.15, 0.2) is 29.3 Å². The van der Waals surface area contributed by atoms with Crippen molar-refractivity contribution < 1.29 is 14.0 Å². The molecule has 2 amide bonds. The van der Waals surface area contributed by atoms with E-state index in [2.05, 4.69) is 20.9 Å². The van der Waals surface area contributed by atoms with Crippen molar-refractivity contribution in [1.82, 2.24) is 15.5 Å². The third kappa shape index (κ3) is 6.43. The Labute approximate surface area is 177 Å².